The smallest absolute Gasteiger partial charge is 0.235 e. The summed E-state index contributed by atoms with van der Waals surface area (Å²) in [6.45, 7) is 4.68. The van der Waals surface area contributed by atoms with Gasteiger partial charge in [-0.25, -0.2) is 34.9 Å². The minimum absolute atomic E-state index is 0.0875. The molecule has 12 nitrogen and oxygen atoms in total. The third-order valence-electron chi connectivity index (χ3n) is 26.7. The van der Waals surface area contributed by atoms with Crippen molar-refractivity contribution in [1.29, 1.82) is 0 Å². The predicted molar refractivity (Wildman–Crippen MR) is 552 cm³/mol. The van der Waals surface area contributed by atoms with Crippen molar-refractivity contribution in [3.63, 3.8) is 0 Å². The zero-order chi connectivity index (χ0) is 88.9. The van der Waals surface area contributed by atoms with Gasteiger partial charge < -0.3 is 14.5 Å². The van der Waals surface area contributed by atoms with Gasteiger partial charge in [-0.3, -0.25) is 9.13 Å². The summed E-state index contributed by atoms with van der Waals surface area (Å²) < 4.78 is 6.77. The van der Waals surface area contributed by atoms with Gasteiger partial charge in [0.1, 0.15) is 0 Å². The lowest BCUT2D eigenvalue weighted by molar-refractivity contribution is 0.661. The number of para-hydroxylation sites is 6. The predicted octanol–water partition coefficient (Wildman–Crippen LogP) is 30.7. The van der Waals surface area contributed by atoms with Crippen molar-refractivity contribution < 1.29 is 0 Å². The number of H-pyrrole nitrogens is 2. The molecule has 18 aromatic carbocycles. The van der Waals surface area contributed by atoms with Gasteiger partial charge in [-0.2, -0.15) is 0 Å². The number of fused-ring (bicyclic) bond motifs is 18. The van der Waals surface area contributed by atoms with Crippen LogP contribution in [0.25, 0.3) is 239 Å². The number of hydrogen-bond acceptors (Lipinski definition) is 7. The molecule has 1 aliphatic rings. The Morgan fingerprint density at radius 1 is 0.209 bits per heavy atom. The highest BCUT2D eigenvalue weighted by Gasteiger charge is 2.37. The molecule has 0 aliphatic heterocycles. The molecular formula is C122H82N12. The third-order valence-corrected chi connectivity index (χ3v) is 26.7. The average Bonchev–Trinajstić information content (AvgIpc) is 1.49. The Labute approximate surface area is 771 Å². The molecule has 8 aromatic heterocycles. The maximum Gasteiger partial charge on any atom is 0.235 e. The molecule has 8 heterocycles. The number of nitrogens with zero attached hydrogens (tertiary/aromatic N) is 10. The molecule has 26 aromatic rings. The van der Waals surface area contributed by atoms with E-state index in [-0.39, 0.29) is 5.41 Å². The van der Waals surface area contributed by atoms with Gasteiger partial charge in [0.15, 0.2) is 17.5 Å². The molecule has 0 saturated heterocycles. The Hall–Kier alpha value is -17.9. The molecule has 0 atom stereocenters. The van der Waals surface area contributed by atoms with E-state index in [1.165, 1.54) is 121 Å². The molecule has 0 bridgehead atoms. The lowest BCUT2D eigenvalue weighted by Crippen LogP contribution is -2.14. The van der Waals surface area contributed by atoms with E-state index < -0.39 is 0 Å². The van der Waals surface area contributed by atoms with Crippen LogP contribution in [0.2, 0.25) is 0 Å². The SMILES string of the molecule is CC1(C)c2ccccc2-c2cc3c4ccccc4n(-c4cccc(-c5nc(-c6ccccc6)nc(-c6ccccc6)n5)c4)c3cc21.c1ccc(-c2ccc(-c3ccnc(-n4c5ccccc5c5cc(-c6cccc7c6[nH]c6ccccc67)ccc54)n3)cc2)cc1.c1ccc(-c2ccc3c(c2)c2cc(-c4cccc5c4[nH]c4ccccc45)ccc2n3-c2nccc(-c3ccccc3)n2)cc1. The van der Waals surface area contributed by atoms with Gasteiger partial charge in [0, 0.05) is 127 Å². The summed E-state index contributed by atoms with van der Waals surface area (Å²) in [7, 11) is 0. The molecule has 27 rings (SSSR count). The summed E-state index contributed by atoms with van der Waals surface area (Å²) in [5, 5.41) is 12.1. The second kappa shape index (κ2) is 32.4. The quantitative estimate of drug-likeness (QED) is 0.124. The molecule has 134 heavy (non-hydrogen) atoms. The van der Waals surface area contributed by atoms with Crippen molar-refractivity contribution >= 4 is 109 Å². The van der Waals surface area contributed by atoms with Crippen LogP contribution in [-0.4, -0.2) is 58.6 Å². The molecule has 0 saturated carbocycles. The zero-order valence-corrected chi connectivity index (χ0v) is 73.2. The number of rotatable bonds is 12. The van der Waals surface area contributed by atoms with E-state index in [0.717, 1.165) is 100.0 Å². The summed E-state index contributed by atoms with van der Waals surface area (Å²) in [4.78, 5) is 41.9. The van der Waals surface area contributed by atoms with Crippen molar-refractivity contribution in [3.8, 4) is 130 Å². The van der Waals surface area contributed by atoms with Gasteiger partial charge >= 0.3 is 0 Å². The molecule has 0 fully saturated rings. The number of aromatic amines is 2. The number of nitrogens with one attached hydrogen (secondary N) is 2. The first kappa shape index (κ1) is 78.4. The molecule has 0 unspecified atom stereocenters. The molecule has 1 aliphatic carbocycles. The first-order valence-electron chi connectivity index (χ1n) is 45.4. The molecular weight excluding hydrogens is 1630 g/mol. The van der Waals surface area contributed by atoms with E-state index in [4.69, 9.17) is 34.9 Å². The van der Waals surface area contributed by atoms with Crippen LogP contribution in [0.3, 0.4) is 0 Å². The van der Waals surface area contributed by atoms with Gasteiger partial charge in [0.05, 0.1) is 55.5 Å². The van der Waals surface area contributed by atoms with Crippen molar-refractivity contribution in [3.05, 3.63) is 460 Å². The van der Waals surface area contributed by atoms with Crippen molar-refractivity contribution in [1.82, 2.24) is 58.6 Å². The van der Waals surface area contributed by atoms with E-state index in [2.05, 4.69) is 377 Å². The lowest BCUT2D eigenvalue weighted by atomic mass is 9.82. The van der Waals surface area contributed by atoms with Crippen LogP contribution < -0.4 is 0 Å². The van der Waals surface area contributed by atoms with Gasteiger partial charge in [0.25, 0.3) is 0 Å². The van der Waals surface area contributed by atoms with E-state index in [0.29, 0.717) is 29.4 Å². The van der Waals surface area contributed by atoms with Gasteiger partial charge in [-0.05, 0) is 153 Å². The topological polar surface area (TPSA) is 137 Å². The largest absolute Gasteiger partial charge is 0.354 e. The van der Waals surface area contributed by atoms with Crippen molar-refractivity contribution in [2.24, 2.45) is 0 Å². The van der Waals surface area contributed by atoms with Crippen LogP contribution in [0.5, 0.6) is 0 Å². The van der Waals surface area contributed by atoms with Gasteiger partial charge in [-0.15, -0.1) is 0 Å². The second-order valence-corrected chi connectivity index (χ2v) is 34.9. The molecule has 630 valence electrons. The minimum Gasteiger partial charge on any atom is -0.354 e. The molecule has 2 N–H and O–H groups in total. The lowest BCUT2D eigenvalue weighted by Gasteiger charge is -2.21. The summed E-state index contributed by atoms with van der Waals surface area (Å²) in [5.41, 5.74) is 33.9. The fraction of sp³-hybridized carbons (Fsp3) is 0.0246. The second-order valence-electron chi connectivity index (χ2n) is 34.9. The Balaban J connectivity index is 0.000000108. The van der Waals surface area contributed by atoms with Crippen LogP contribution in [-0.2, 0) is 5.41 Å². The molecule has 0 amide bonds. The number of benzene rings is 18. The maximum absolute atomic E-state index is 5.08. The summed E-state index contributed by atoms with van der Waals surface area (Å²) in [6, 6.07) is 154. The monoisotopic (exact) mass is 1710 g/mol. The van der Waals surface area contributed by atoms with E-state index in [1.54, 1.807) is 0 Å². The normalized spacial score (nSPS) is 12.2. The Morgan fingerprint density at radius 3 is 1.10 bits per heavy atom. The van der Waals surface area contributed by atoms with Gasteiger partial charge in [0.2, 0.25) is 11.9 Å². The van der Waals surface area contributed by atoms with Crippen LogP contribution in [0.1, 0.15) is 25.0 Å². The van der Waals surface area contributed by atoms with Crippen molar-refractivity contribution in [2.45, 2.75) is 19.3 Å². The first-order valence-corrected chi connectivity index (χ1v) is 45.4. The average molecular weight is 1720 g/mol. The van der Waals surface area contributed by atoms with E-state index >= 15 is 0 Å². The highest BCUT2D eigenvalue weighted by molar-refractivity contribution is 6.18. The number of hydrogen-bond donors (Lipinski definition) is 2. The Morgan fingerprint density at radius 2 is 0.567 bits per heavy atom. The molecule has 12 heteroatoms. The highest BCUT2D eigenvalue weighted by atomic mass is 15.2. The fourth-order valence-corrected chi connectivity index (χ4v) is 20.3. The first-order chi connectivity index (χ1) is 66.2. The molecule has 0 radical (unpaired) electrons. The van der Waals surface area contributed by atoms with E-state index in [1.807, 2.05) is 109 Å². The highest BCUT2D eigenvalue weighted by Crippen LogP contribution is 2.52. The Kier molecular flexibility index (Phi) is 19.0. The Bertz CT molecular complexity index is 9030. The number of aromatic nitrogens is 12. The summed E-state index contributed by atoms with van der Waals surface area (Å²) in [5.74, 6) is 3.27. The van der Waals surface area contributed by atoms with E-state index in [9.17, 15) is 0 Å². The van der Waals surface area contributed by atoms with Crippen molar-refractivity contribution in [2.75, 3.05) is 0 Å². The molecule has 0 spiro atoms. The van der Waals surface area contributed by atoms with Crippen LogP contribution in [0.4, 0.5) is 0 Å². The van der Waals surface area contributed by atoms with Gasteiger partial charge in [-0.1, -0.05) is 354 Å². The van der Waals surface area contributed by atoms with Crippen LogP contribution in [0, 0.1) is 0 Å². The summed E-state index contributed by atoms with van der Waals surface area (Å²) >= 11 is 0. The third kappa shape index (κ3) is 13.6. The fourth-order valence-electron chi connectivity index (χ4n) is 20.3. The maximum atomic E-state index is 5.08. The van der Waals surface area contributed by atoms with Crippen LogP contribution in [0.15, 0.2) is 449 Å². The van der Waals surface area contributed by atoms with Crippen LogP contribution >= 0.6 is 0 Å². The summed E-state index contributed by atoms with van der Waals surface area (Å²) in [6.07, 6.45) is 3.71. The standard InChI is InChI=1S/C42H30N4.2C40H26N4/c1-42(2)35-22-11-9-20-31(35)33-25-34-32-21-10-12-23-37(32)46(38(34)26-36(33)42)30-19-13-18-29(24-30)41-44-39(27-14-5-3-6-15-27)43-40(45-41)28-16-7-4-8-17-28;1-3-10-26(11-4-1)28-18-20-37-33(24-28)34-25-29(30-15-9-16-32-31-14-7-8-17-36(31)42-39(30)32)19-21-38(34)44(37)40-41-23-22-35(43-40)27-12-5-2-6-13-27;1-2-9-26(10-3-1)27-17-19-28(20-18-27)35-23-24-41-40(43-35)44-37-16-7-5-12-32(37)34-25-29(21-22-38(34)44)30-13-8-14-33-31-11-4-6-15-36(31)42-39(30)33/h3-26H,1-2H3;2*1-25,42H. The zero-order valence-electron chi connectivity index (χ0n) is 73.2. The minimum atomic E-state index is -0.0875.